The van der Waals surface area contributed by atoms with Gasteiger partial charge in [0.25, 0.3) is 0 Å². The predicted octanol–water partition coefficient (Wildman–Crippen LogP) is 1.92. The lowest BCUT2D eigenvalue weighted by atomic mass is 10.3. The van der Waals surface area contributed by atoms with Crippen LogP contribution >= 0.6 is 0 Å². The minimum absolute atomic E-state index is 0.264. The molecule has 0 aliphatic carbocycles. The molecule has 0 aromatic carbocycles. The van der Waals surface area contributed by atoms with Gasteiger partial charge in [-0.25, -0.2) is 0 Å². The molecule has 0 aromatic heterocycles. The van der Waals surface area contributed by atoms with Gasteiger partial charge in [0, 0.05) is 13.3 Å². The van der Waals surface area contributed by atoms with E-state index in [9.17, 15) is 4.79 Å². The standard InChI is InChI=1S/C10H12O3/c1-9(11)12-8-6-10-5-3-2-4-7-13-10/h2-5,7H,6,8H2,1H3. The Morgan fingerprint density at radius 2 is 2.31 bits per heavy atom. The van der Waals surface area contributed by atoms with Gasteiger partial charge < -0.3 is 9.47 Å². The molecule has 0 fully saturated rings. The second kappa shape index (κ2) is 5.19. The van der Waals surface area contributed by atoms with E-state index < -0.39 is 0 Å². The van der Waals surface area contributed by atoms with Gasteiger partial charge >= 0.3 is 5.97 Å². The summed E-state index contributed by atoms with van der Waals surface area (Å²) in [7, 11) is 0. The molecule has 70 valence electrons. The smallest absolute Gasteiger partial charge is 0.302 e. The SMILES string of the molecule is CC(=O)OCCC1=CC=CC=CO1. The average molecular weight is 180 g/mol. The van der Waals surface area contributed by atoms with E-state index in [-0.39, 0.29) is 5.97 Å². The van der Waals surface area contributed by atoms with Gasteiger partial charge in [-0.3, -0.25) is 4.79 Å². The molecule has 0 unspecified atom stereocenters. The molecule has 0 bridgehead atoms. The first kappa shape index (κ1) is 9.58. The number of hydrogen-bond donors (Lipinski definition) is 0. The van der Waals surface area contributed by atoms with E-state index in [2.05, 4.69) is 0 Å². The van der Waals surface area contributed by atoms with Gasteiger partial charge in [0.05, 0.1) is 12.9 Å². The molecule has 0 aromatic rings. The maximum Gasteiger partial charge on any atom is 0.302 e. The zero-order valence-electron chi connectivity index (χ0n) is 7.53. The summed E-state index contributed by atoms with van der Waals surface area (Å²) in [6, 6.07) is 0. The second-order valence-corrected chi connectivity index (χ2v) is 2.55. The van der Waals surface area contributed by atoms with Gasteiger partial charge in [0.2, 0.25) is 0 Å². The minimum atomic E-state index is -0.264. The first-order chi connectivity index (χ1) is 6.29. The zero-order valence-corrected chi connectivity index (χ0v) is 7.53. The number of rotatable bonds is 3. The lowest BCUT2D eigenvalue weighted by Crippen LogP contribution is -2.01. The van der Waals surface area contributed by atoms with E-state index in [1.54, 1.807) is 12.3 Å². The fraction of sp³-hybridized carbons (Fsp3) is 0.300. The maximum absolute atomic E-state index is 10.4. The van der Waals surface area contributed by atoms with E-state index in [1.165, 1.54) is 6.92 Å². The summed E-state index contributed by atoms with van der Waals surface area (Å²) < 4.78 is 9.99. The third-order valence-electron chi connectivity index (χ3n) is 1.46. The summed E-state index contributed by atoms with van der Waals surface area (Å²) in [5.74, 6) is 0.534. The normalized spacial score (nSPS) is 14.4. The minimum Gasteiger partial charge on any atom is -0.469 e. The van der Waals surface area contributed by atoms with Gasteiger partial charge in [0.15, 0.2) is 0 Å². The van der Waals surface area contributed by atoms with Crippen LogP contribution in [-0.4, -0.2) is 12.6 Å². The van der Waals surface area contributed by atoms with Crippen LogP contribution in [-0.2, 0) is 14.3 Å². The van der Waals surface area contributed by atoms with Crippen LogP contribution in [0.3, 0.4) is 0 Å². The highest BCUT2D eigenvalue weighted by atomic mass is 16.5. The van der Waals surface area contributed by atoms with Crippen molar-refractivity contribution in [3.05, 3.63) is 36.3 Å². The van der Waals surface area contributed by atoms with Gasteiger partial charge in [-0.15, -0.1) is 0 Å². The van der Waals surface area contributed by atoms with Gasteiger partial charge in [-0.2, -0.15) is 0 Å². The average Bonchev–Trinajstić information content (AvgIpc) is 2.32. The van der Waals surface area contributed by atoms with Crippen LogP contribution in [0.5, 0.6) is 0 Å². The first-order valence-corrected chi connectivity index (χ1v) is 4.11. The Morgan fingerprint density at radius 3 is 3.08 bits per heavy atom. The molecule has 0 N–H and O–H groups in total. The Kier molecular flexibility index (Phi) is 3.82. The third kappa shape index (κ3) is 4.15. The Morgan fingerprint density at radius 1 is 1.46 bits per heavy atom. The van der Waals surface area contributed by atoms with Crippen molar-refractivity contribution < 1.29 is 14.3 Å². The number of hydrogen-bond acceptors (Lipinski definition) is 3. The van der Waals surface area contributed by atoms with Crippen LogP contribution in [0.4, 0.5) is 0 Å². The van der Waals surface area contributed by atoms with E-state index in [1.807, 2.05) is 18.2 Å². The van der Waals surface area contributed by atoms with Crippen molar-refractivity contribution in [3.63, 3.8) is 0 Å². The molecule has 0 saturated carbocycles. The highest BCUT2D eigenvalue weighted by molar-refractivity contribution is 5.65. The molecule has 1 rings (SSSR count). The van der Waals surface area contributed by atoms with Crippen molar-refractivity contribution in [2.45, 2.75) is 13.3 Å². The number of ether oxygens (including phenoxy) is 2. The molecule has 0 atom stereocenters. The molecule has 0 saturated heterocycles. The van der Waals surface area contributed by atoms with Crippen molar-refractivity contribution >= 4 is 5.97 Å². The Hall–Kier alpha value is -1.51. The highest BCUT2D eigenvalue weighted by Gasteiger charge is 1.99. The van der Waals surface area contributed by atoms with Crippen molar-refractivity contribution in [3.8, 4) is 0 Å². The monoisotopic (exact) mass is 180 g/mol. The Balaban J connectivity index is 2.28. The van der Waals surface area contributed by atoms with Crippen LogP contribution < -0.4 is 0 Å². The molecule has 0 amide bonds. The Bertz CT molecular complexity index is 261. The van der Waals surface area contributed by atoms with Crippen molar-refractivity contribution in [1.82, 2.24) is 0 Å². The van der Waals surface area contributed by atoms with E-state index in [0.717, 1.165) is 5.76 Å². The molecule has 13 heavy (non-hydrogen) atoms. The van der Waals surface area contributed by atoms with Gasteiger partial charge in [-0.1, -0.05) is 12.2 Å². The molecular formula is C10H12O3. The zero-order chi connectivity index (χ0) is 9.52. The molecule has 3 nitrogen and oxygen atoms in total. The predicted molar refractivity (Wildman–Crippen MR) is 48.7 cm³/mol. The quantitative estimate of drug-likeness (QED) is 0.622. The molecule has 1 aliphatic heterocycles. The van der Waals surface area contributed by atoms with Crippen molar-refractivity contribution in [2.24, 2.45) is 0 Å². The van der Waals surface area contributed by atoms with Gasteiger partial charge in [-0.05, 0) is 12.2 Å². The fourth-order valence-corrected chi connectivity index (χ4v) is 0.876. The van der Waals surface area contributed by atoms with E-state index in [0.29, 0.717) is 13.0 Å². The van der Waals surface area contributed by atoms with E-state index >= 15 is 0 Å². The summed E-state index contributed by atoms with van der Waals surface area (Å²) >= 11 is 0. The summed E-state index contributed by atoms with van der Waals surface area (Å²) in [4.78, 5) is 10.4. The van der Waals surface area contributed by atoms with Crippen molar-refractivity contribution in [2.75, 3.05) is 6.61 Å². The number of allylic oxidation sites excluding steroid dienone is 4. The summed E-state index contributed by atoms with van der Waals surface area (Å²) in [6.45, 7) is 1.75. The van der Waals surface area contributed by atoms with Crippen LogP contribution in [0.1, 0.15) is 13.3 Å². The van der Waals surface area contributed by atoms with Crippen LogP contribution in [0, 0.1) is 0 Å². The fourth-order valence-electron chi connectivity index (χ4n) is 0.876. The van der Waals surface area contributed by atoms with Crippen LogP contribution in [0.25, 0.3) is 0 Å². The summed E-state index contributed by atoms with van der Waals surface area (Å²) in [5.41, 5.74) is 0. The molecule has 0 spiro atoms. The Labute approximate surface area is 77.3 Å². The largest absolute Gasteiger partial charge is 0.469 e. The topological polar surface area (TPSA) is 35.5 Å². The lowest BCUT2D eigenvalue weighted by molar-refractivity contribution is -0.140. The molecule has 3 heteroatoms. The van der Waals surface area contributed by atoms with Crippen molar-refractivity contribution in [1.29, 1.82) is 0 Å². The molecule has 0 radical (unpaired) electrons. The summed E-state index contributed by atoms with van der Waals surface area (Å²) in [6.07, 6.45) is 9.61. The molecule has 1 aliphatic rings. The maximum atomic E-state index is 10.4. The first-order valence-electron chi connectivity index (χ1n) is 4.11. The van der Waals surface area contributed by atoms with Gasteiger partial charge in [0.1, 0.15) is 5.76 Å². The molecular weight excluding hydrogens is 168 g/mol. The van der Waals surface area contributed by atoms with Crippen LogP contribution in [0.2, 0.25) is 0 Å². The molecule has 1 heterocycles. The number of esters is 1. The highest BCUT2D eigenvalue weighted by Crippen LogP contribution is 2.07. The summed E-state index contributed by atoms with van der Waals surface area (Å²) in [5, 5.41) is 0. The second-order valence-electron chi connectivity index (χ2n) is 2.55. The number of carbonyl (C=O) groups is 1. The lowest BCUT2D eigenvalue weighted by Gasteiger charge is -2.04. The van der Waals surface area contributed by atoms with Crippen LogP contribution in [0.15, 0.2) is 36.3 Å². The third-order valence-corrected chi connectivity index (χ3v) is 1.46. The van der Waals surface area contributed by atoms with E-state index in [4.69, 9.17) is 9.47 Å². The number of carbonyl (C=O) groups excluding carboxylic acids is 1.